The summed E-state index contributed by atoms with van der Waals surface area (Å²) in [6.45, 7) is 1.60. The Morgan fingerprint density at radius 1 is 1.56 bits per heavy atom. The van der Waals surface area contributed by atoms with Gasteiger partial charge in [0, 0.05) is 37.9 Å². The Kier molecular flexibility index (Phi) is 4.70. The maximum Gasteiger partial charge on any atom is 0.222 e. The van der Waals surface area contributed by atoms with E-state index in [0.29, 0.717) is 6.42 Å². The van der Waals surface area contributed by atoms with Crippen molar-refractivity contribution >= 4 is 5.91 Å². The molecule has 2 rings (SSSR count). The molecule has 4 nitrogen and oxygen atoms in total. The molecule has 1 saturated heterocycles. The quantitative estimate of drug-likeness (QED) is 0.873. The van der Waals surface area contributed by atoms with Gasteiger partial charge in [-0.1, -0.05) is 6.07 Å². The number of pyridine rings is 1. The van der Waals surface area contributed by atoms with E-state index >= 15 is 0 Å². The molecular weight excluding hydrogens is 226 g/mol. The van der Waals surface area contributed by atoms with Gasteiger partial charge in [-0.2, -0.15) is 0 Å². The molecule has 2 N–H and O–H groups in total. The van der Waals surface area contributed by atoms with Crippen molar-refractivity contribution < 1.29 is 4.79 Å². The molecule has 0 spiro atoms. The molecule has 1 unspecified atom stereocenters. The molecule has 2 heterocycles. The molecule has 0 saturated carbocycles. The van der Waals surface area contributed by atoms with Crippen LogP contribution in [0.15, 0.2) is 24.5 Å². The van der Waals surface area contributed by atoms with Gasteiger partial charge < -0.3 is 10.6 Å². The van der Waals surface area contributed by atoms with Crippen LogP contribution in [0.25, 0.3) is 0 Å². The number of carbonyl (C=O) groups is 1. The predicted molar refractivity (Wildman–Crippen MR) is 71.0 cm³/mol. The van der Waals surface area contributed by atoms with E-state index in [-0.39, 0.29) is 11.9 Å². The summed E-state index contributed by atoms with van der Waals surface area (Å²) in [7, 11) is 0. The molecule has 18 heavy (non-hydrogen) atoms. The minimum absolute atomic E-state index is 0.168. The third kappa shape index (κ3) is 3.81. The fraction of sp³-hybridized carbons (Fsp3) is 0.571. The first-order valence-electron chi connectivity index (χ1n) is 6.68. The molecule has 1 aromatic heterocycles. The Hall–Kier alpha value is -1.42. The van der Waals surface area contributed by atoms with Crippen molar-refractivity contribution in [2.45, 2.75) is 38.1 Å². The van der Waals surface area contributed by atoms with Crippen LogP contribution >= 0.6 is 0 Å². The number of hydrogen-bond acceptors (Lipinski definition) is 3. The van der Waals surface area contributed by atoms with Gasteiger partial charge in [-0.05, 0) is 37.3 Å². The van der Waals surface area contributed by atoms with Gasteiger partial charge in [-0.3, -0.25) is 9.78 Å². The minimum atomic E-state index is 0.168. The van der Waals surface area contributed by atoms with Crippen LogP contribution in [0.1, 0.15) is 31.2 Å². The van der Waals surface area contributed by atoms with Gasteiger partial charge in [0.15, 0.2) is 0 Å². The second kappa shape index (κ2) is 6.50. The highest BCUT2D eigenvalue weighted by atomic mass is 16.2. The molecule has 0 aliphatic carbocycles. The lowest BCUT2D eigenvalue weighted by molar-refractivity contribution is -0.132. The van der Waals surface area contributed by atoms with Crippen LogP contribution in [0, 0.1) is 0 Å². The van der Waals surface area contributed by atoms with E-state index in [1.807, 2.05) is 23.2 Å². The smallest absolute Gasteiger partial charge is 0.222 e. The average Bonchev–Trinajstić information content (AvgIpc) is 2.40. The second-order valence-corrected chi connectivity index (χ2v) is 4.96. The molecule has 1 aliphatic heterocycles. The maximum absolute atomic E-state index is 12.0. The molecule has 4 heteroatoms. The van der Waals surface area contributed by atoms with Crippen LogP contribution in [-0.2, 0) is 11.2 Å². The number of hydrogen-bond donors (Lipinski definition) is 1. The van der Waals surface area contributed by atoms with E-state index in [0.717, 1.165) is 38.8 Å². The third-order valence-corrected chi connectivity index (χ3v) is 3.39. The summed E-state index contributed by atoms with van der Waals surface area (Å²) in [5, 5.41) is 0. The van der Waals surface area contributed by atoms with Gasteiger partial charge in [0.25, 0.3) is 0 Å². The first kappa shape index (κ1) is 13.0. The summed E-state index contributed by atoms with van der Waals surface area (Å²) in [5.74, 6) is 0.244. The number of nitrogens with two attached hydrogens (primary N) is 1. The molecule has 1 fully saturated rings. The first-order chi connectivity index (χ1) is 8.75. The summed E-state index contributed by atoms with van der Waals surface area (Å²) in [5.41, 5.74) is 7.08. The number of nitrogens with zero attached hydrogens (tertiary/aromatic N) is 2. The number of aromatic nitrogens is 1. The molecule has 1 aliphatic rings. The largest absolute Gasteiger partial charge is 0.341 e. The van der Waals surface area contributed by atoms with Crippen molar-refractivity contribution in [3.63, 3.8) is 0 Å². The summed E-state index contributed by atoms with van der Waals surface area (Å²) >= 11 is 0. The molecule has 0 aromatic carbocycles. The zero-order valence-electron chi connectivity index (χ0n) is 10.7. The Morgan fingerprint density at radius 2 is 2.44 bits per heavy atom. The number of aryl methyl sites for hydroxylation is 1. The summed E-state index contributed by atoms with van der Waals surface area (Å²) in [6.07, 6.45) is 8.12. The minimum Gasteiger partial charge on any atom is -0.341 e. The van der Waals surface area contributed by atoms with Crippen molar-refractivity contribution in [1.29, 1.82) is 0 Å². The van der Waals surface area contributed by atoms with Gasteiger partial charge >= 0.3 is 0 Å². The van der Waals surface area contributed by atoms with Crippen molar-refractivity contribution in [3.05, 3.63) is 30.1 Å². The van der Waals surface area contributed by atoms with Crippen molar-refractivity contribution in [2.75, 3.05) is 13.1 Å². The molecular formula is C14H21N3O. The third-order valence-electron chi connectivity index (χ3n) is 3.39. The van der Waals surface area contributed by atoms with E-state index in [1.165, 1.54) is 5.56 Å². The van der Waals surface area contributed by atoms with E-state index in [9.17, 15) is 4.79 Å². The van der Waals surface area contributed by atoms with Gasteiger partial charge in [0.05, 0.1) is 0 Å². The van der Waals surface area contributed by atoms with Crippen molar-refractivity contribution in [3.8, 4) is 0 Å². The second-order valence-electron chi connectivity index (χ2n) is 4.96. The van der Waals surface area contributed by atoms with Crippen LogP contribution in [0.5, 0.6) is 0 Å². The summed E-state index contributed by atoms with van der Waals surface area (Å²) < 4.78 is 0. The van der Waals surface area contributed by atoms with Crippen LogP contribution < -0.4 is 5.73 Å². The van der Waals surface area contributed by atoms with Crippen molar-refractivity contribution in [2.24, 2.45) is 5.73 Å². The average molecular weight is 247 g/mol. The normalized spacial score (nSPS) is 19.8. The topological polar surface area (TPSA) is 59.2 Å². The lowest BCUT2D eigenvalue weighted by atomic mass is 10.1. The molecule has 98 valence electrons. The van der Waals surface area contributed by atoms with Gasteiger partial charge in [-0.15, -0.1) is 0 Å². The number of piperidine rings is 1. The Balaban J connectivity index is 1.71. The Labute approximate surface area is 108 Å². The Bertz CT molecular complexity index is 380. The van der Waals surface area contributed by atoms with Gasteiger partial charge in [0.1, 0.15) is 0 Å². The highest BCUT2D eigenvalue weighted by Gasteiger charge is 2.20. The number of rotatable bonds is 4. The number of carbonyl (C=O) groups excluding carboxylic acids is 1. The summed E-state index contributed by atoms with van der Waals surface area (Å²) in [6, 6.07) is 4.15. The highest BCUT2D eigenvalue weighted by Crippen LogP contribution is 2.11. The first-order valence-corrected chi connectivity index (χ1v) is 6.68. The lowest BCUT2D eigenvalue weighted by Crippen LogP contribution is -2.45. The van der Waals surface area contributed by atoms with Gasteiger partial charge in [-0.25, -0.2) is 0 Å². The highest BCUT2D eigenvalue weighted by molar-refractivity contribution is 5.76. The standard InChI is InChI=1S/C14H21N3O/c15-13-6-3-9-17(11-13)14(18)7-1-4-12-5-2-8-16-10-12/h2,5,8,10,13H,1,3-4,6-7,9,11,15H2. The summed E-state index contributed by atoms with van der Waals surface area (Å²) in [4.78, 5) is 18.0. The van der Waals surface area contributed by atoms with Crippen LogP contribution in [0.4, 0.5) is 0 Å². The molecule has 1 amide bonds. The number of amides is 1. The van der Waals surface area contributed by atoms with E-state index < -0.39 is 0 Å². The maximum atomic E-state index is 12.0. The van der Waals surface area contributed by atoms with Crippen LogP contribution in [0.3, 0.4) is 0 Å². The Morgan fingerprint density at radius 3 is 3.17 bits per heavy atom. The fourth-order valence-corrected chi connectivity index (χ4v) is 2.38. The molecule has 0 bridgehead atoms. The lowest BCUT2D eigenvalue weighted by Gasteiger charge is -2.30. The molecule has 1 atom stereocenters. The molecule has 1 aromatic rings. The van der Waals surface area contributed by atoms with E-state index in [4.69, 9.17) is 5.73 Å². The van der Waals surface area contributed by atoms with E-state index in [2.05, 4.69) is 4.98 Å². The zero-order chi connectivity index (χ0) is 12.8. The van der Waals surface area contributed by atoms with E-state index in [1.54, 1.807) is 6.20 Å². The predicted octanol–water partition coefficient (Wildman–Crippen LogP) is 1.35. The zero-order valence-corrected chi connectivity index (χ0v) is 10.7. The molecule has 0 radical (unpaired) electrons. The van der Waals surface area contributed by atoms with Crippen molar-refractivity contribution in [1.82, 2.24) is 9.88 Å². The monoisotopic (exact) mass is 247 g/mol. The van der Waals surface area contributed by atoms with Crippen LogP contribution in [-0.4, -0.2) is 34.9 Å². The fourth-order valence-electron chi connectivity index (χ4n) is 2.38. The SMILES string of the molecule is NC1CCCN(C(=O)CCCc2cccnc2)C1. The van der Waals surface area contributed by atoms with Crippen LogP contribution in [0.2, 0.25) is 0 Å². The van der Waals surface area contributed by atoms with Gasteiger partial charge in [0.2, 0.25) is 5.91 Å². The number of likely N-dealkylation sites (tertiary alicyclic amines) is 1.